The lowest BCUT2D eigenvalue weighted by Crippen LogP contribution is -2.57. The van der Waals surface area contributed by atoms with E-state index >= 15 is 0 Å². The fourth-order valence-corrected chi connectivity index (χ4v) is 9.31. The number of nitriles is 1. The standard InChI is InChI=1S/C33H39F3N8S2/c1-22-23(3-4-29-27(22)13-25(16-37)44(29)12-11-42-18-32(19-42)7-10-43(20-32)45-2)17-41-8-5-24(6-9-41)40-30-28-14-26(15-33(34,35)36)46-31(28)39-21-38-30/h3-4,13-14,21,24H,5-12,15,17-20H2,1-2H3,(H,38,39,40). The number of thiophene rings is 1. The first-order chi connectivity index (χ1) is 22.1. The van der Waals surface area contributed by atoms with Crippen LogP contribution in [0.2, 0.25) is 0 Å². The zero-order valence-electron chi connectivity index (χ0n) is 26.2. The minimum absolute atomic E-state index is 0.190. The van der Waals surface area contributed by atoms with Crippen LogP contribution in [0.3, 0.4) is 0 Å². The van der Waals surface area contributed by atoms with Gasteiger partial charge >= 0.3 is 6.18 Å². The van der Waals surface area contributed by atoms with Gasteiger partial charge in [0.1, 0.15) is 28.7 Å². The minimum atomic E-state index is -4.25. The van der Waals surface area contributed by atoms with E-state index in [0.717, 1.165) is 86.6 Å². The van der Waals surface area contributed by atoms with Crippen LogP contribution >= 0.6 is 23.3 Å². The summed E-state index contributed by atoms with van der Waals surface area (Å²) >= 11 is 2.93. The van der Waals surface area contributed by atoms with Gasteiger partial charge in [0.05, 0.1) is 11.8 Å². The number of rotatable bonds is 9. The third kappa shape index (κ3) is 6.47. The van der Waals surface area contributed by atoms with Gasteiger partial charge in [0.15, 0.2) is 0 Å². The predicted octanol–water partition coefficient (Wildman–Crippen LogP) is 6.29. The second kappa shape index (κ2) is 12.6. The van der Waals surface area contributed by atoms with Crippen molar-refractivity contribution in [3.8, 4) is 6.07 Å². The van der Waals surface area contributed by atoms with Gasteiger partial charge in [0, 0.05) is 86.1 Å². The summed E-state index contributed by atoms with van der Waals surface area (Å²) in [7, 11) is 0. The van der Waals surface area contributed by atoms with Crippen molar-refractivity contribution >= 4 is 50.2 Å². The van der Waals surface area contributed by atoms with E-state index in [1.807, 2.05) is 11.9 Å². The van der Waals surface area contributed by atoms with Gasteiger partial charge in [-0.3, -0.25) is 9.21 Å². The molecule has 0 aliphatic carbocycles. The number of nitrogens with zero attached hydrogens (tertiary/aromatic N) is 7. The normalized spacial score (nSPS) is 19.7. The average Bonchev–Trinajstić information content (AvgIpc) is 3.72. The van der Waals surface area contributed by atoms with Gasteiger partial charge < -0.3 is 14.8 Å². The molecule has 244 valence electrons. The summed E-state index contributed by atoms with van der Waals surface area (Å²) in [5.74, 6) is 0.613. The van der Waals surface area contributed by atoms with Crippen molar-refractivity contribution in [3.63, 3.8) is 0 Å². The molecule has 4 aromatic rings. The SMILES string of the molecule is CSN1CCC2(CN(CCn3c(C#N)cc4c(C)c(CN5CCC(Nc6ncnc7sc(CC(F)(F)F)cc67)CC5)ccc43)C2)C1. The summed E-state index contributed by atoms with van der Waals surface area (Å²) in [4.78, 5) is 14.4. The molecule has 0 radical (unpaired) electrons. The molecule has 1 spiro atoms. The Morgan fingerprint density at radius 1 is 1.07 bits per heavy atom. The number of hydrogen-bond donors (Lipinski definition) is 1. The molecular weight excluding hydrogens is 630 g/mol. The van der Waals surface area contributed by atoms with Crippen LogP contribution in [0.4, 0.5) is 19.0 Å². The van der Waals surface area contributed by atoms with Gasteiger partial charge in [-0.1, -0.05) is 18.0 Å². The Labute approximate surface area is 275 Å². The van der Waals surface area contributed by atoms with Crippen molar-refractivity contribution in [3.05, 3.63) is 52.3 Å². The van der Waals surface area contributed by atoms with Crippen molar-refractivity contribution in [2.75, 3.05) is 57.4 Å². The Balaban J connectivity index is 0.958. The molecule has 0 atom stereocenters. The summed E-state index contributed by atoms with van der Waals surface area (Å²) in [6.45, 7) is 11.3. The van der Waals surface area contributed by atoms with E-state index in [4.69, 9.17) is 0 Å². The van der Waals surface area contributed by atoms with E-state index in [0.29, 0.717) is 21.4 Å². The Kier molecular flexibility index (Phi) is 8.69. The highest BCUT2D eigenvalue weighted by Gasteiger charge is 2.47. The maximum absolute atomic E-state index is 12.9. The third-order valence-electron chi connectivity index (χ3n) is 10.1. The van der Waals surface area contributed by atoms with Crippen LogP contribution in [-0.4, -0.2) is 92.9 Å². The van der Waals surface area contributed by atoms with Crippen LogP contribution in [0.25, 0.3) is 21.1 Å². The fourth-order valence-electron chi connectivity index (χ4n) is 7.61. The number of aromatic nitrogens is 3. The molecule has 6 heterocycles. The van der Waals surface area contributed by atoms with Gasteiger partial charge in [0.2, 0.25) is 0 Å². The van der Waals surface area contributed by atoms with Gasteiger partial charge in [-0.05, 0) is 61.8 Å². The van der Waals surface area contributed by atoms with Gasteiger partial charge in [0.25, 0.3) is 0 Å². The van der Waals surface area contributed by atoms with Crippen molar-refractivity contribution in [2.24, 2.45) is 5.41 Å². The first-order valence-corrected chi connectivity index (χ1v) is 17.9. The molecule has 46 heavy (non-hydrogen) atoms. The first-order valence-electron chi connectivity index (χ1n) is 15.9. The van der Waals surface area contributed by atoms with Crippen LogP contribution in [0, 0.1) is 23.7 Å². The number of likely N-dealkylation sites (tertiary alicyclic amines) is 2. The fraction of sp³-hybridized carbons (Fsp3) is 0.545. The number of benzene rings is 1. The average molecular weight is 669 g/mol. The molecule has 1 aromatic carbocycles. The molecule has 0 saturated carbocycles. The topological polar surface area (TPSA) is 76.2 Å². The number of alkyl halides is 3. The van der Waals surface area contributed by atoms with Crippen LogP contribution in [0.5, 0.6) is 0 Å². The molecule has 8 nitrogen and oxygen atoms in total. The highest BCUT2D eigenvalue weighted by Crippen LogP contribution is 2.41. The van der Waals surface area contributed by atoms with Crippen molar-refractivity contribution in [1.82, 2.24) is 28.6 Å². The number of piperidine rings is 1. The lowest BCUT2D eigenvalue weighted by molar-refractivity contribution is -0.126. The van der Waals surface area contributed by atoms with Gasteiger partial charge in [-0.2, -0.15) is 18.4 Å². The maximum Gasteiger partial charge on any atom is 0.393 e. The number of nitrogens with one attached hydrogen (secondary N) is 1. The van der Waals surface area contributed by atoms with Crippen LogP contribution in [0.15, 0.2) is 30.6 Å². The number of fused-ring (bicyclic) bond motifs is 2. The molecule has 0 amide bonds. The smallest absolute Gasteiger partial charge is 0.367 e. The van der Waals surface area contributed by atoms with E-state index < -0.39 is 12.6 Å². The molecule has 1 N–H and O–H groups in total. The van der Waals surface area contributed by atoms with E-state index in [9.17, 15) is 18.4 Å². The van der Waals surface area contributed by atoms with Crippen molar-refractivity contribution in [1.29, 1.82) is 5.26 Å². The van der Waals surface area contributed by atoms with E-state index in [1.54, 1.807) is 6.07 Å². The van der Waals surface area contributed by atoms with Gasteiger partial charge in [-0.15, -0.1) is 11.3 Å². The highest BCUT2D eigenvalue weighted by atomic mass is 32.2. The van der Waals surface area contributed by atoms with Crippen molar-refractivity contribution in [2.45, 2.75) is 57.9 Å². The molecular formula is C33H39F3N8S2. The van der Waals surface area contributed by atoms with Crippen LogP contribution in [-0.2, 0) is 19.5 Å². The number of anilines is 1. The first kappa shape index (κ1) is 31.7. The second-order valence-electron chi connectivity index (χ2n) is 13.2. The van der Waals surface area contributed by atoms with E-state index in [1.165, 1.54) is 37.0 Å². The third-order valence-corrected chi connectivity index (χ3v) is 11.9. The Hall–Kier alpha value is -2.89. The highest BCUT2D eigenvalue weighted by molar-refractivity contribution is 7.96. The molecule has 3 saturated heterocycles. The van der Waals surface area contributed by atoms with Crippen LogP contribution in [0.1, 0.15) is 41.0 Å². The largest absolute Gasteiger partial charge is 0.393 e. The number of halogens is 3. The Morgan fingerprint density at radius 2 is 1.87 bits per heavy atom. The number of aryl methyl sites for hydroxylation is 1. The number of hydrogen-bond acceptors (Lipinski definition) is 9. The van der Waals surface area contributed by atoms with Crippen LogP contribution < -0.4 is 5.32 Å². The summed E-state index contributed by atoms with van der Waals surface area (Å²) in [6, 6.07) is 10.7. The Morgan fingerprint density at radius 3 is 2.59 bits per heavy atom. The Bertz CT molecular complexity index is 1760. The molecule has 3 aromatic heterocycles. The minimum Gasteiger partial charge on any atom is -0.367 e. The van der Waals surface area contributed by atoms with E-state index in [-0.39, 0.29) is 10.9 Å². The molecule has 3 aliphatic heterocycles. The summed E-state index contributed by atoms with van der Waals surface area (Å²) < 4.78 is 43.5. The summed E-state index contributed by atoms with van der Waals surface area (Å²) in [5, 5.41) is 15.3. The maximum atomic E-state index is 12.9. The molecule has 0 unspecified atom stereocenters. The van der Waals surface area contributed by atoms with E-state index in [2.05, 4.69) is 71.4 Å². The predicted molar refractivity (Wildman–Crippen MR) is 179 cm³/mol. The zero-order chi connectivity index (χ0) is 32.1. The molecule has 7 rings (SSSR count). The molecule has 0 bridgehead atoms. The molecule has 3 fully saturated rings. The molecule has 3 aliphatic rings. The quantitative estimate of drug-likeness (QED) is 0.209. The summed E-state index contributed by atoms with van der Waals surface area (Å²) in [5.41, 5.74) is 4.83. The zero-order valence-corrected chi connectivity index (χ0v) is 27.9. The van der Waals surface area contributed by atoms with Crippen molar-refractivity contribution < 1.29 is 13.2 Å². The lowest BCUT2D eigenvalue weighted by Gasteiger charge is -2.48. The monoisotopic (exact) mass is 668 g/mol. The second-order valence-corrected chi connectivity index (χ2v) is 15.2. The molecule has 13 heteroatoms. The summed E-state index contributed by atoms with van der Waals surface area (Å²) in [6.07, 6.45) is 1.50. The lowest BCUT2D eigenvalue weighted by atomic mass is 9.79. The van der Waals surface area contributed by atoms with Gasteiger partial charge in [-0.25, -0.2) is 9.97 Å².